The number of aromatic nitrogens is 2. The van der Waals surface area contributed by atoms with Gasteiger partial charge in [-0.25, -0.2) is 5.43 Å². The van der Waals surface area contributed by atoms with Crippen molar-refractivity contribution in [2.75, 3.05) is 39.9 Å². The number of rotatable bonds is 11. The van der Waals surface area contributed by atoms with Gasteiger partial charge in [-0.05, 0) is 163 Å². The lowest BCUT2D eigenvalue weighted by Gasteiger charge is -2.37. The minimum absolute atomic E-state index is 0.000890. The molecule has 18 heteroatoms. The van der Waals surface area contributed by atoms with Crippen molar-refractivity contribution in [2.45, 2.75) is 173 Å². The zero-order chi connectivity index (χ0) is 55.9. The zero-order valence-electron chi connectivity index (χ0n) is 47.3. The lowest BCUT2D eigenvalue weighted by atomic mass is 9.84. The first-order chi connectivity index (χ1) is 37.7. The summed E-state index contributed by atoms with van der Waals surface area (Å²) in [6, 6.07) is 12.3. The third kappa shape index (κ3) is 10.6. The van der Waals surface area contributed by atoms with E-state index in [9.17, 15) is 19.2 Å². The Bertz CT molecular complexity index is 3040. The molecule has 2 aromatic carbocycles. The number of hydrogen-bond donors (Lipinski definition) is 3. The lowest BCUT2D eigenvalue weighted by Crippen LogP contribution is -2.62. The first-order valence-corrected chi connectivity index (χ1v) is 30.1. The van der Waals surface area contributed by atoms with Gasteiger partial charge >= 0.3 is 5.97 Å². The number of phenols is 1. The molecule has 2 aromatic heterocycles. The first-order valence-electron chi connectivity index (χ1n) is 29.0. The molecule has 3 N–H and O–H groups in total. The Labute approximate surface area is 467 Å². The largest absolute Gasteiger partial charge is 0.597 e. The van der Waals surface area contributed by atoms with Crippen LogP contribution in [-0.4, -0.2) is 143 Å². The van der Waals surface area contributed by atoms with E-state index in [4.69, 9.17) is 14.5 Å². The van der Waals surface area contributed by atoms with E-state index in [2.05, 4.69) is 54.3 Å². The van der Waals surface area contributed by atoms with Crippen molar-refractivity contribution in [3.63, 3.8) is 0 Å². The number of pyridine rings is 1. The van der Waals surface area contributed by atoms with E-state index in [1.54, 1.807) is 30.3 Å². The maximum Gasteiger partial charge on any atom is 0.324 e. The number of likely N-dealkylation sites (tertiary alicyclic amines) is 2. The standard InChI is InChI=1S/C61H80N8O9S/c1-9-66-48-21-20-40-32-44(48)45(52(66)43-16-12-24-62-49(43)36(2)77-8)33-60(6,7)35-78-57(74)46-17-13-25-68(64-46)55(72)47(30-37-28-41(40)31-42(70)29-37)63-54(71)51(38-14-10-11-15-38)67-27-23-61(58(67)75)22-26-65(34-61)56(73)53-50(39-18-19-39)69(53)79(76)59(3,4)5/h12,16,20-21,24,28-29,31-32,36,38-39,46-47,50-51,53,64,70H,9-11,13-15,17-19,22-23,25-27,30,33-35H2,1-8H3,(H,63,71)/t36-,46-,47-,50+,51-,53+,61-,69?,79+/m0/s1. The van der Waals surface area contributed by atoms with Gasteiger partial charge in [-0.1, -0.05) is 38.8 Å². The fourth-order valence-corrected chi connectivity index (χ4v) is 15.4. The van der Waals surface area contributed by atoms with Crippen LogP contribution in [0.2, 0.25) is 0 Å². The van der Waals surface area contributed by atoms with Gasteiger partial charge in [-0.2, -0.15) is 0 Å². The van der Waals surface area contributed by atoms with Gasteiger partial charge in [-0.3, -0.25) is 34.0 Å². The number of amides is 4. The summed E-state index contributed by atoms with van der Waals surface area (Å²) in [5.74, 6) is -1.31. The Kier molecular flexibility index (Phi) is 15.0. The number of ether oxygens (including phenoxy) is 2. The number of fused-ring (bicyclic) bond motifs is 6. The molecule has 7 aliphatic rings. The lowest BCUT2D eigenvalue weighted by molar-refractivity contribution is -0.155. The van der Waals surface area contributed by atoms with Crippen molar-refractivity contribution in [2.24, 2.45) is 22.7 Å². The number of benzene rings is 2. The monoisotopic (exact) mass is 1100 g/mol. The predicted molar refractivity (Wildman–Crippen MR) is 301 cm³/mol. The van der Waals surface area contributed by atoms with E-state index in [-0.39, 0.29) is 61.7 Å². The van der Waals surface area contributed by atoms with Crippen LogP contribution in [0.5, 0.6) is 5.75 Å². The van der Waals surface area contributed by atoms with Gasteiger partial charge in [0.05, 0.1) is 35.6 Å². The van der Waals surface area contributed by atoms with Gasteiger partial charge in [0.15, 0.2) is 6.04 Å². The maximum atomic E-state index is 15.3. The number of carbonyl (C=O) groups is 5. The average Bonchev–Trinajstić information content (AvgIpc) is 4.41. The fourth-order valence-electron chi connectivity index (χ4n) is 13.9. The minimum atomic E-state index is -1.33. The Morgan fingerprint density at radius 3 is 2.47 bits per heavy atom. The van der Waals surface area contributed by atoms with E-state index < -0.39 is 68.9 Å². The highest BCUT2D eigenvalue weighted by Gasteiger charge is 2.69. The number of methoxy groups -OCH3 is 1. The molecule has 4 amide bonds. The number of phenolic OH excluding ortho intramolecular Hbond substituents is 1. The number of nitrogens with one attached hydrogen (secondary N) is 2. The second-order valence-corrected chi connectivity index (χ2v) is 27.7. The number of carbonyl (C=O) groups excluding carboxylic acids is 5. The molecule has 1 spiro atoms. The summed E-state index contributed by atoms with van der Waals surface area (Å²) in [5.41, 5.74) is 8.81. The molecular formula is C61H80N8O9S. The Morgan fingerprint density at radius 2 is 1.75 bits per heavy atom. The summed E-state index contributed by atoms with van der Waals surface area (Å²) in [4.78, 5) is 82.4. The smallest absolute Gasteiger partial charge is 0.324 e. The van der Waals surface area contributed by atoms with Gasteiger partial charge < -0.3 is 38.8 Å². The molecule has 5 aliphatic heterocycles. The van der Waals surface area contributed by atoms with Gasteiger partial charge in [0.25, 0.3) is 5.91 Å². The second kappa shape index (κ2) is 21.4. The fraction of sp³-hybridized carbons (Fsp3) is 0.607. The van der Waals surface area contributed by atoms with Gasteiger partial charge in [0, 0.05) is 85.7 Å². The van der Waals surface area contributed by atoms with Crippen LogP contribution in [-0.2, 0) is 64.2 Å². The number of aromatic hydroxyl groups is 1. The normalized spacial score (nSPS) is 27.8. The predicted octanol–water partition coefficient (Wildman–Crippen LogP) is 7.39. The van der Waals surface area contributed by atoms with Crippen molar-refractivity contribution >= 4 is 51.9 Å². The van der Waals surface area contributed by atoms with E-state index in [0.29, 0.717) is 63.2 Å². The number of cyclic esters (lactones) is 1. The maximum absolute atomic E-state index is 15.3. The SMILES string of the molecule is CCn1c(-c2cccnc2[C@H](C)OC)c2c3cc(ccc31)-c1cc(O)cc(c1)C[C@H](NC(=O)[C@H](C1CCCC1)N1CC[C@]3(CCN(C(=O)[C@H]4[C@@H](C5CC5)N4[S@+]([O-])C(C)(C)C)C3)C1=O)C(=O)N1CCC[C@H](N1)C(=O)OCC(C)(C)C2. The molecule has 11 rings (SSSR count). The van der Waals surface area contributed by atoms with Crippen LogP contribution in [0.15, 0.2) is 54.7 Å². The second-order valence-electron chi connectivity index (χ2n) is 25.6. The third-order valence-corrected chi connectivity index (χ3v) is 20.1. The topological polar surface area (TPSA) is 202 Å². The Morgan fingerprint density at radius 1 is 0.987 bits per heavy atom. The molecular weight excluding hydrogens is 1020 g/mol. The molecule has 6 bridgehead atoms. The van der Waals surface area contributed by atoms with E-state index >= 15 is 14.4 Å². The van der Waals surface area contributed by atoms with Gasteiger partial charge in [-0.15, -0.1) is 4.31 Å². The van der Waals surface area contributed by atoms with Crippen LogP contribution in [0, 0.1) is 22.7 Å². The van der Waals surface area contributed by atoms with Crippen molar-refractivity contribution in [1.82, 2.24) is 39.4 Å². The Balaban J connectivity index is 0.917. The molecule has 17 nitrogen and oxygen atoms in total. The molecule has 4 aromatic rings. The summed E-state index contributed by atoms with van der Waals surface area (Å²) >= 11 is -1.33. The molecule has 79 heavy (non-hydrogen) atoms. The van der Waals surface area contributed by atoms with E-state index in [1.807, 2.05) is 55.1 Å². The summed E-state index contributed by atoms with van der Waals surface area (Å²) in [7, 11) is 1.68. The van der Waals surface area contributed by atoms with Crippen LogP contribution in [0.3, 0.4) is 0 Å². The van der Waals surface area contributed by atoms with Crippen LogP contribution in [0.1, 0.15) is 136 Å². The van der Waals surface area contributed by atoms with Crippen LogP contribution in [0.4, 0.5) is 0 Å². The highest BCUT2D eigenvalue weighted by molar-refractivity contribution is 7.90. The number of aryl methyl sites for hydroxylation is 1. The zero-order valence-corrected chi connectivity index (χ0v) is 48.2. The number of hydrazine groups is 1. The highest BCUT2D eigenvalue weighted by atomic mass is 32.2. The Hall–Kier alpha value is -5.53. The molecule has 9 atom stereocenters. The van der Waals surface area contributed by atoms with Gasteiger partial charge in [0.1, 0.15) is 28.6 Å². The summed E-state index contributed by atoms with van der Waals surface area (Å²) in [6.45, 7) is 16.2. The number of nitrogens with zero attached hydrogens (tertiary/aromatic N) is 6. The molecule has 2 saturated carbocycles. The van der Waals surface area contributed by atoms with Crippen LogP contribution >= 0.6 is 0 Å². The summed E-state index contributed by atoms with van der Waals surface area (Å²) in [6.07, 6.45) is 9.34. The average molecular weight is 1100 g/mol. The van der Waals surface area contributed by atoms with Crippen molar-refractivity contribution < 1.29 is 43.1 Å². The molecule has 4 saturated heterocycles. The third-order valence-electron chi connectivity index (χ3n) is 18.2. The molecule has 424 valence electrons. The number of esters is 1. The molecule has 6 fully saturated rings. The first kappa shape index (κ1) is 55.4. The van der Waals surface area contributed by atoms with E-state index in [0.717, 1.165) is 83.1 Å². The minimum Gasteiger partial charge on any atom is -0.597 e. The molecule has 2 aliphatic carbocycles. The van der Waals surface area contributed by atoms with Crippen molar-refractivity contribution in [3.8, 4) is 28.1 Å². The van der Waals surface area contributed by atoms with Crippen LogP contribution in [0.25, 0.3) is 33.3 Å². The van der Waals surface area contributed by atoms with E-state index in [1.165, 1.54) is 5.01 Å². The number of hydrogen-bond acceptors (Lipinski definition) is 12. The molecule has 7 heterocycles. The van der Waals surface area contributed by atoms with Crippen molar-refractivity contribution in [1.29, 1.82) is 0 Å². The molecule has 0 radical (unpaired) electrons. The van der Waals surface area contributed by atoms with Crippen LogP contribution < -0.4 is 10.7 Å². The quantitative estimate of drug-likeness (QED) is 0.0766. The van der Waals surface area contributed by atoms with Gasteiger partial charge in [0.2, 0.25) is 17.7 Å². The highest BCUT2D eigenvalue weighted by Crippen LogP contribution is 2.52. The van der Waals surface area contributed by atoms with Crippen molar-refractivity contribution in [3.05, 3.63) is 71.5 Å². The summed E-state index contributed by atoms with van der Waals surface area (Å²) in [5, 5.41) is 17.2. The summed E-state index contributed by atoms with van der Waals surface area (Å²) < 4.78 is 29.4. The molecule has 1 unspecified atom stereocenters.